The third-order valence-electron chi connectivity index (χ3n) is 2.25. The van der Waals surface area contributed by atoms with Crippen LogP contribution in [0.2, 0.25) is 0 Å². The van der Waals surface area contributed by atoms with Crippen LogP contribution >= 0.6 is 11.3 Å². The van der Waals surface area contributed by atoms with Crippen LogP contribution in [0.25, 0.3) is 21.6 Å². The molecule has 3 rings (SSSR count). The average molecular weight is 228 g/mol. The minimum Gasteiger partial charge on any atom is -0.375 e. The molecule has 0 aromatic carbocycles. The number of pyridine rings is 2. The van der Waals surface area contributed by atoms with Gasteiger partial charge in [0, 0.05) is 18.0 Å². The van der Waals surface area contributed by atoms with Crippen molar-refractivity contribution < 1.29 is 0 Å². The molecule has 0 unspecified atom stereocenters. The van der Waals surface area contributed by atoms with E-state index >= 15 is 0 Å². The summed E-state index contributed by atoms with van der Waals surface area (Å²) in [6.07, 6.45) is 3.50. The molecule has 16 heavy (non-hydrogen) atoms. The Morgan fingerprint density at radius 1 is 1.00 bits per heavy atom. The van der Waals surface area contributed by atoms with Crippen molar-refractivity contribution in [2.24, 2.45) is 0 Å². The number of thiazole rings is 1. The van der Waals surface area contributed by atoms with Crippen LogP contribution in [0.3, 0.4) is 0 Å². The van der Waals surface area contributed by atoms with Crippen molar-refractivity contribution in [3.63, 3.8) is 0 Å². The molecule has 0 aliphatic rings. The number of hydrogen-bond acceptors (Lipinski definition) is 5. The van der Waals surface area contributed by atoms with Crippen molar-refractivity contribution in [1.82, 2.24) is 15.0 Å². The molecule has 3 aromatic rings. The van der Waals surface area contributed by atoms with E-state index in [1.54, 1.807) is 12.4 Å². The maximum absolute atomic E-state index is 5.64. The second-order valence-electron chi connectivity index (χ2n) is 3.31. The lowest BCUT2D eigenvalue weighted by molar-refractivity contribution is 1.31. The summed E-state index contributed by atoms with van der Waals surface area (Å²) >= 11 is 1.40. The fourth-order valence-electron chi connectivity index (χ4n) is 1.52. The lowest BCUT2D eigenvalue weighted by Crippen LogP contribution is -1.83. The summed E-state index contributed by atoms with van der Waals surface area (Å²) in [4.78, 5) is 13.5. The van der Waals surface area contributed by atoms with Gasteiger partial charge >= 0.3 is 0 Å². The van der Waals surface area contributed by atoms with Crippen LogP contribution < -0.4 is 5.73 Å². The number of hydrogen-bond donors (Lipinski definition) is 1. The SMILES string of the molecule is Nc1nc2ccc(-c3ccncc3)nc2s1. The Hall–Kier alpha value is -2.01. The second-order valence-corrected chi connectivity index (χ2v) is 4.32. The van der Waals surface area contributed by atoms with Gasteiger partial charge in [0.05, 0.1) is 5.69 Å². The van der Waals surface area contributed by atoms with Crippen LogP contribution in [0.15, 0.2) is 36.7 Å². The normalized spacial score (nSPS) is 10.8. The van der Waals surface area contributed by atoms with E-state index < -0.39 is 0 Å². The van der Waals surface area contributed by atoms with Crippen molar-refractivity contribution >= 4 is 26.8 Å². The standard InChI is InChI=1S/C11H8N4S/c12-11-15-9-2-1-8(14-10(9)16-11)7-3-5-13-6-4-7/h1-6H,(H2,12,15). The maximum Gasteiger partial charge on any atom is 0.182 e. The monoisotopic (exact) mass is 228 g/mol. The van der Waals surface area contributed by atoms with Crippen LogP contribution in [0, 0.1) is 0 Å². The van der Waals surface area contributed by atoms with Gasteiger partial charge in [0.1, 0.15) is 10.3 Å². The highest BCUT2D eigenvalue weighted by Crippen LogP contribution is 2.25. The number of nitrogens with zero attached hydrogens (tertiary/aromatic N) is 3. The molecule has 3 aromatic heterocycles. The van der Waals surface area contributed by atoms with Gasteiger partial charge < -0.3 is 5.73 Å². The highest BCUT2D eigenvalue weighted by molar-refractivity contribution is 7.21. The van der Waals surface area contributed by atoms with Crippen molar-refractivity contribution in [1.29, 1.82) is 0 Å². The molecule has 2 N–H and O–H groups in total. The Bertz CT molecular complexity index is 633. The van der Waals surface area contributed by atoms with Crippen LogP contribution in [0.4, 0.5) is 5.13 Å². The molecule has 0 amide bonds. The Kier molecular flexibility index (Phi) is 2.04. The zero-order valence-electron chi connectivity index (χ0n) is 8.29. The van der Waals surface area contributed by atoms with Gasteiger partial charge in [-0.05, 0) is 24.3 Å². The topological polar surface area (TPSA) is 64.7 Å². The van der Waals surface area contributed by atoms with Crippen LogP contribution in [-0.2, 0) is 0 Å². The maximum atomic E-state index is 5.64. The first-order valence-corrected chi connectivity index (χ1v) is 5.58. The van der Waals surface area contributed by atoms with Crippen LogP contribution in [-0.4, -0.2) is 15.0 Å². The quantitative estimate of drug-likeness (QED) is 0.694. The molecule has 0 saturated heterocycles. The molecular weight excluding hydrogens is 220 g/mol. The van der Waals surface area contributed by atoms with E-state index in [9.17, 15) is 0 Å². The minimum absolute atomic E-state index is 0.550. The van der Waals surface area contributed by atoms with E-state index in [1.807, 2.05) is 24.3 Å². The Labute approximate surface area is 95.8 Å². The van der Waals surface area contributed by atoms with Crippen LogP contribution in [0.5, 0.6) is 0 Å². The van der Waals surface area contributed by atoms with Gasteiger partial charge in [-0.2, -0.15) is 0 Å². The first-order chi connectivity index (χ1) is 7.83. The fraction of sp³-hybridized carbons (Fsp3) is 0. The first-order valence-electron chi connectivity index (χ1n) is 4.76. The molecule has 0 aliphatic carbocycles. The highest BCUT2D eigenvalue weighted by atomic mass is 32.1. The van der Waals surface area contributed by atoms with Crippen molar-refractivity contribution in [2.45, 2.75) is 0 Å². The molecule has 0 bridgehead atoms. The van der Waals surface area contributed by atoms with E-state index in [0.29, 0.717) is 5.13 Å². The second kappa shape index (κ2) is 3.53. The Balaban J connectivity index is 2.18. The smallest absolute Gasteiger partial charge is 0.182 e. The summed E-state index contributed by atoms with van der Waals surface area (Å²) in [7, 11) is 0. The minimum atomic E-state index is 0.550. The van der Waals surface area contributed by atoms with E-state index in [0.717, 1.165) is 21.6 Å². The van der Waals surface area contributed by atoms with Gasteiger partial charge in [-0.25, -0.2) is 9.97 Å². The molecular formula is C11H8N4S. The number of aromatic nitrogens is 3. The van der Waals surface area contributed by atoms with Gasteiger partial charge in [0.25, 0.3) is 0 Å². The third-order valence-corrected chi connectivity index (χ3v) is 3.04. The molecule has 0 radical (unpaired) electrons. The summed E-state index contributed by atoms with van der Waals surface area (Å²) in [5.41, 5.74) is 8.44. The third kappa shape index (κ3) is 1.51. The average Bonchev–Trinajstić information content (AvgIpc) is 2.69. The summed E-state index contributed by atoms with van der Waals surface area (Å²) < 4.78 is 0. The molecule has 0 saturated carbocycles. The number of fused-ring (bicyclic) bond motifs is 1. The molecule has 5 heteroatoms. The van der Waals surface area contributed by atoms with Crippen molar-refractivity contribution in [3.8, 4) is 11.3 Å². The molecule has 0 aliphatic heterocycles. The zero-order valence-corrected chi connectivity index (χ0v) is 9.11. The lowest BCUT2D eigenvalue weighted by atomic mass is 10.2. The van der Waals surface area contributed by atoms with Gasteiger partial charge in [-0.3, -0.25) is 4.98 Å². The number of nitrogens with two attached hydrogens (primary N) is 1. The molecule has 78 valence electrons. The van der Waals surface area contributed by atoms with Gasteiger partial charge in [0.2, 0.25) is 0 Å². The Morgan fingerprint density at radius 2 is 1.81 bits per heavy atom. The van der Waals surface area contributed by atoms with Crippen molar-refractivity contribution in [3.05, 3.63) is 36.7 Å². The molecule has 0 spiro atoms. The number of anilines is 1. The Morgan fingerprint density at radius 3 is 2.62 bits per heavy atom. The van der Waals surface area contributed by atoms with E-state index in [2.05, 4.69) is 15.0 Å². The van der Waals surface area contributed by atoms with Crippen LogP contribution in [0.1, 0.15) is 0 Å². The molecule has 4 nitrogen and oxygen atoms in total. The van der Waals surface area contributed by atoms with Gasteiger partial charge in [0.15, 0.2) is 5.13 Å². The van der Waals surface area contributed by atoms with E-state index in [-0.39, 0.29) is 0 Å². The number of nitrogen functional groups attached to an aromatic ring is 1. The lowest BCUT2D eigenvalue weighted by Gasteiger charge is -1.98. The zero-order chi connectivity index (χ0) is 11.0. The summed E-state index contributed by atoms with van der Waals surface area (Å²) in [5.74, 6) is 0. The predicted molar refractivity (Wildman–Crippen MR) is 65.1 cm³/mol. The molecule has 3 heterocycles. The molecule has 0 atom stereocenters. The fourth-order valence-corrected chi connectivity index (χ4v) is 2.22. The summed E-state index contributed by atoms with van der Waals surface area (Å²) in [5, 5.41) is 0.550. The predicted octanol–water partition coefficient (Wildman–Crippen LogP) is 2.34. The van der Waals surface area contributed by atoms with Gasteiger partial charge in [-0.1, -0.05) is 11.3 Å². The van der Waals surface area contributed by atoms with Gasteiger partial charge in [-0.15, -0.1) is 0 Å². The van der Waals surface area contributed by atoms with E-state index in [1.165, 1.54) is 11.3 Å². The van der Waals surface area contributed by atoms with Crippen molar-refractivity contribution in [2.75, 3.05) is 5.73 Å². The molecule has 0 fully saturated rings. The number of rotatable bonds is 1. The largest absolute Gasteiger partial charge is 0.375 e. The first kappa shape index (κ1) is 9.23. The summed E-state index contributed by atoms with van der Waals surface area (Å²) in [6.45, 7) is 0. The summed E-state index contributed by atoms with van der Waals surface area (Å²) in [6, 6.07) is 7.74. The van der Waals surface area contributed by atoms with E-state index in [4.69, 9.17) is 5.73 Å². The highest BCUT2D eigenvalue weighted by Gasteiger charge is 2.04.